The van der Waals surface area contributed by atoms with E-state index in [9.17, 15) is 29.4 Å². The minimum Gasteiger partial charge on any atom is -0.464 e. The summed E-state index contributed by atoms with van der Waals surface area (Å²) in [6, 6.07) is 18.8. The fourth-order valence-electron chi connectivity index (χ4n) is 3.18. The molecule has 0 aliphatic rings. The van der Waals surface area contributed by atoms with E-state index in [4.69, 9.17) is 10.2 Å². The number of carboxylic acid groups (broad SMARTS) is 4. The van der Waals surface area contributed by atoms with Gasteiger partial charge in [0.25, 0.3) is 0 Å². The first-order valence-corrected chi connectivity index (χ1v) is 9.02. The molecule has 4 amide bonds. The molecule has 0 saturated heterocycles. The summed E-state index contributed by atoms with van der Waals surface area (Å²) in [6.45, 7) is 0. The molecule has 0 aliphatic carbocycles. The molecule has 0 aliphatic heterocycles. The van der Waals surface area contributed by atoms with Gasteiger partial charge in [0, 0.05) is 0 Å². The van der Waals surface area contributed by atoms with E-state index in [2.05, 4.69) is 0 Å². The van der Waals surface area contributed by atoms with E-state index in [1.807, 2.05) is 0 Å². The van der Waals surface area contributed by atoms with Crippen LogP contribution in [0.3, 0.4) is 0 Å². The van der Waals surface area contributed by atoms with Crippen LogP contribution < -0.4 is 9.80 Å². The second-order valence-corrected chi connectivity index (χ2v) is 6.44. The average Bonchev–Trinajstić information content (AvgIpc) is 2.74. The molecule has 10 nitrogen and oxygen atoms in total. The van der Waals surface area contributed by atoms with Gasteiger partial charge in [-0.05, 0) is 46.5 Å². The van der Waals surface area contributed by atoms with Crippen molar-refractivity contribution in [1.82, 2.24) is 0 Å². The summed E-state index contributed by atoms with van der Waals surface area (Å²) in [6.07, 6.45) is -6.61. The normalized spacial score (nSPS) is 10.2. The quantitative estimate of drug-likeness (QED) is 0.427. The minimum absolute atomic E-state index is 0.0745. The Morgan fingerprint density at radius 1 is 0.500 bits per heavy atom. The zero-order chi connectivity index (χ0) is 23.4. The third-order valence-electron chi connectivity index (χ3n) is 4.55. The van der Waals surface area contributed by atoms with E-state index in [-0.39, 0.29) is 21.2 Å². The van der Waals surface area contributed by atoms with Crippen LogP contribution in [0, 0.1) is 0 Å². The van der Waals surface area contributed by atoms with Gasteiger partial charge >= 0.3 is 24.4 Å². The van der Waals surface area contributed by atoms with Gasteiger partial charge < -0.3 is 20.4 Å². The highest BCUT2D eigenvalue weighted by Gasteiger charge is 2.24. The van der Waals surface area contributed by atoms with Crippen molar-refractivity contribution in [3.63, 3.8) is 0 Å². The van der Waals surface area contributed by atoms with Crippen molar-refractivity contribution in [2.45, 2.75) is 0 Å². The molecule has 3 aromatic carbocycles. The first kappa shape index (κ1) is 21.8. The molecule has 0 spiro atoms. The van der Waals surface area contributed by atoms with Crippen LogP contribution >= 0.6 is 0 Å². The SMILES string of the molecule is O=C(O)N(C(=O)O)c1ccc(-c2ccc(N(C(=O)O)C(=O)O)cc2-c2ccccc2)cc1. The van der Waals surface area contributed by atoms with Gasteiger partial charge in [0.1, 0.15) is 0 Å². The zero-order valence-corrected chi connectivity index (χ0v) is 16.2. The molecule has 32 heavy (non-hydrogen) atoms. The Morgan fingerprint density at radius 2 is 0.938 bits per heavy atom. The number of hydrogen-bond donors (Lipinski definition) is 4. The monoisotopic (exact) mass is 436 g/mol. The molecule has 162 valence electrons. The molecule has 0 radical (unpaired) electrons. The summed E-state index contributed by atoms with van der Waals surface area (Å²) in [5.41, 5.74) is 2.23. The Labute approximate surface area is 180 Å². The lowest BCUT2D eigenvalue weighted by atomic mass is 9.93. The Balaban J connectivity index is 2.14. The van der Waals surface area contributed by atoms with Gasteiger partial charge in [-0.15, -0.1) is 0 Å². The Kier molecular flexibility index (Phi) is 6.06. The number of hydrogen-bond acceptors (Lipinski definition) is 4. The highest BCUT2D eigenvalue weighted by atomic mass is 16.4. The van der Waals surface area contributed by atoms with Crippen molar-refractivity contribution < 1.29 is 39.6 Å². The number of carbonyl (C=O) groups is 4. The maximum Gasteiger partial charge on any atom is 0.421 e. The van der Waals surface area contributed by atoms with Gasteiger partial charge in [-0.1, -0.05) is 48.5 Å². The molecule has 0 fully saturated rings. The van der Waals surface area contributed by atoms with Gasteiger partial charge in [0.2, 0.25) is 0 Å². The lowest BCUT2D eigenvalue weighted by molar-refractivity contribution is 0.182. The topological polar surface area (TPSA) is 156 Å². The van der Waals surface area contributed by atoms with Gasteiger partial charge in [0.05, 0.1) is 11.4 Å². The van der Waals surface area contributed by atoms with Crippen molar-refractivity contribution in [3.8, 4) is 22.3 Å². The van der Waals surface area contributed by atoms with Crippen molar-refractivity contribution in [2.24, 2.45) is 0 Å². The first-order chi connectivity index (χ1) is 15.2. The van der Waals surface area contributed by atoms with Gasteiger partial charge in [-0.25, -0.2) is 19.2 Å². The zero-order valence-electron chi connectivity index (χ0n) is 16.2. The van der Waals surface area contributed by atoms with Crippen molar-refractivity contribution in [2.75, 3.05) is 9.80 Å². The third-order valence-corrected chi connectivity index (χ3v) is 4.55. The fourth-order valence-corrected chi connectivity index (χ4v) is 3.18. The molecule has 0 aromatic heterocycles. The summed E-state index contributed by atoms with van der Waals surface area (Å²) in [7, 11) is 0. The van der Waals surface area contributed by atoms with Crippen molar-refractivity contribution in [1.29, 1.82) is 0 Å². The van der Waals surface area contributed by atoms with Gasteiger partial charge in [0.15, 0.2) is 0 Å². The molecule has 3 rings (SSSR count). The van der Waals surface area contributed by atoms with Crippen molar-refractivity contribution >= 4 is 35.7 Å². The number of amides is 4. The lowest BCUT2D eigenvalue weighted by Gasteiger charge is -2.18. The van der Waals surface area contributed by atoms with Crippen LogP contribution in [0.25, 0.3) is 22.3 Å². The van der Waals surface area contributed by atoms with E-state index < -0.39 is 24.4 Å². The van der Waals surface area contributed by atoms with Crippen LogP contribution in [-0.2, 0) is 0 Å². The van der Waals surface area contributed by atoms with E-state index in [0.717, 1.165) is 0 Å². The van der Waals surface area contributed by atoms with Crippen LogP contribution in [0.4, 0.5) is 30.6 Å². The molecular weight excluding hydrogens is 420 g/mol. The third kappa shape index (κ3) is 4.33. The largest absolute Gasteiger partial charge is 0.464 e. The summed E-state index contributed by atoms with van der Waals surface area (Å²) in [4.78, 5) is 45.5. The maximum atomic E-state index is 11.4. The van der Waals surface area contributed by atoms with Crippen LogP contribution in [0.1, 0.15) is 0 Å². The average molecular weight is 436 g/mol. The number of benzene rings is 3. The van der Waals surface area contributed by atoms with Crippen LogP contribution in [-0.4, -0.2) is 44.8 Å². The Morgan fingerprint density at radius 3 is 1.44 bits per heavy atom. The smallest absolute Gasteiger partial charge is 0.421 e. The first-order valence-electron chi connectivity index (χ1n) is 9.02. The highest BCUT2D eigenvalue weighted by Crippen LogP contribution is 2.36. The number of rotatable bonds is 4. The van der Waals surface area contributed by atoms with Crippen LogP contribution in [0.15, 0.2) is 72.8 Å². The molecule has 3 aromatic rings. The Hall–Kier alpha value is -4.86. The standard InChI is InChI=1S/C22H16N2O8/c25-19(26)23(20(27)28)15-8-6-14(7-9-15)17-11-10-16(24(21(29)30)22(31)32)12-18(17)13-4-2-1-3-5-13/h1-12H,(H,25,26)(H,27,28)(H,29,30)(H,31,32). The fraction of sp³-hybridized carbons (Fsp3) is 0. The molecule has 0 saturated carbocycles. The van der Waals surface area contributed by atoms with Crippen LogP contribution in [0.2, 0.25) is 0 Å². The number of anilines is 2. The molecule has 0 heterocycles. The summed E-state index contributed by atoms with van der Waals surface area (Å²) >= 11 is 0. The summed E-state index contributed by atoms with van der Waals surface area (Å²) < 4.78 is 0. The predicted molar refractivity (Wildman–Crippen MR) is 114 cm³/mol. The maximum absolute atomic E-state index is 11.4. The van der Waals surface area contributed by atoms with E-state index in [1.54, 1.807) is 30.3 Å². The molecule has 0 atom stereocenters. The molecule has 0 bridgehead atoms. The Bertz CT molecular complexity index is 1160. The minimum atomic E-state index is -1.66. The van der Waals surface area contributed by atoms with Gasteiger partial charge in [-0.3, -0.25) is 0 Å². The van der Waals surface area contributed by atoms with E-state index in [1.165, 1.54) is 42.5 Å². The number of nitrogens with zero attached hydrogens (tertiary/aromatic N) is 2. The number of imide groups is 2. The predicted octanol–water partition coefficient (Wildman–Crippen LogP) is 5.35. The second-order valence-electron chi connectivity index (χ2n) is 6.44. The molecular formula is C22H16N2O8. The van der Waals surface area contributed by atoms with E-state index >= 15 is 0 Å². The van der Waals surface area contributed by atoms with E-state index in [0.29, 0.717) is 22.3 Å². The molecule has 0 unspecified atom stereocenters. The van der Waals surface area contributed by atoms with Crippen LogP contribution in [0.5, 0.6) is 0 Å². The molecule has 10 heteroatoms. The highest BCUT2D eigenvalue weighted by molar-refractivity contribution is 6.09. The van der Waals surface area contributed by atoms with Gasteiger partial charge in [-0.2, -0.15) is 9.80 Å². The lowest BCUT2D eigenvalue weighted by Crippen LogP contribution is -2.34. The second kappa shape index (κ2) is 8.88. The summed E-state index contributed by atoms with van der Waals surface area (Å²) in [5.74, 6) is 0. The van der Waals surface area contributed by atoms with Crippen molar-refractivity contribution in [3.05, 3.63) is 72.8 Å². The summed E-state index contributed by atoms with van der Waals surface area (Å²) in [5, 5.41) is 36.7. The molecule has 4 N–H and O–H groups in total.